The van der Waals surface area contributed by atoms with E-state index in [-0.39, 0.29) is 30.9 Å². The Kier molecular flexibility index (Phi) is 9.08. The van der Waals surface area contributed by atoms with Crippen LogP contribution in [0, 0.1) is 0 Å². The second kappa shape index (κ2) is 12.1. The fourth-order valence-electron chi connectivity index (χ4n) is 3.92. The van der Waals surface area contributed by atoms with Crippen LogP contribution in [0.4, 0.5) is 18.9 Å². The van der Waals surface area contributed by atoms with Gasteiger partial charge in [0.25, 0.3) is 11.8 Å². The summed E-state index contributed by atoms with van der Waals surface area (Å²) in [7, 11) is 0. The van der Waals surface area contributed by atoms with Crippen molar-refractivity contribution >= 4 is 34.2 Å². The van der Waals surface area contributed by atoms with Crippen molar-refractivity contribution in [1.29, 1.82) is 0 Å². The highest BCUT2D eigenvalue weighted by molar-refractivity contribution is 6.02. The number of carbonyl (C=O) groups excluding carboxylic acids is 3. The average Bonchev–Trinajstić information content (AvgIpc) is 2.89. The predicted molar refractivity (Wildman–Crippen MR) is 136 cm³/mol. The number of alkyl halides is 3. The molecule has 3 rings (SSSR count). The molecule has 0 unspecified atom stereocenters. The van der Waals surface area contributed by atoms with Crippen molar-refractivity contribution in [3.05, 3.63) is 78.4 Å². The standard InChI is InChI=1S/C27H29F3N4O4/c1-26(14-7-15-31,24(36)33-21-13-12-19-10-5-6-11-20(19)17-21)34(38-25(37)27(28,29)30)23(35)22(32)16-18-8-3-2-4-9-18/h2-6,8-13,17,22H,7,14-16,31-32H2,1H3,(H,33,36)/t22-,26-/m0/s1. The minimum Gasteiger partial charge on any atom is -0.330 e. The summed E-state index contributed by atoms with van der Waals surface area (Å²) in [5, 5.41) is 4.49. The van der Waals surface area contributed by atoms with Crippen molar-refractivity contribution in [2.24, 2.45) is 11.5 Å². The highest BCUT2D eigenvalue weighted by Crippen LogP contribution is 2.29. The Hall–Kier alpha value is -3.96. The molecule has 0 aliphatic heterocycles. The summed E-state index contributed by atoms with van der Waals surface area (Å²) < 4.78 is 39.6. The van der Waals surface area contributed by atoms with Crippen LogP contribution in [0.15, 0.2) is 72.8 Å². The first-order valence-electron chi connectivity index (χ1n) is 11.9. The first kappa shape index (κ1) is 28.6. The molecule has 8 nitrogen and oxygen atoms in total. The molecule has 3 aromatic rings. The van der Waals surface area contributed by atoms with Crippen molar-refractivity contribution < 1.29 is 32.4 Å². The molecular formula is C27H29F3N4O4. The number of hydroxylamine groups is 2. The molecule has 5 N–H and O–H groups in total. The maximum Gasteiger partial charge on any atom is 0.493 e. The fourth-order valence-corrected chi connectivity index (χ4v) is 3.92. The Bertz CT molecular complexity index is 1290. The van der Waals surface area contributed by atoms with Gasteiger partial charge in [0.1, 0.15) is 0 Å². The third-order valence-electron chi connectivity index (χ3n) is 6.03. The topological polar surface area (TPSA) is 128 Å². The summed E-state index contributed by atoms with van der Waals surface area (Å²) in [5.74, 6) is -4.70. The van der Waals surface area contributed by atoms with Gasteiger partial charge < -0.3 is 21.6 Å². The minimum absolute atomic E-state index is 0.0597. The average molecular weight is 531 g/mol. The Morgan fingerprint density at radius 3 is 2.24 bits per heavy atom. The van der Waals surface area contributed by atoms with Crippen LogP contribution in [0.1, 0.15) is 25.3 Å². The molecule has 0 fully saturated rings. The number of benzene rings is 3. The molecule has 11 heteroatoms. The maximum atomic E-state index is 13.6. The van der Waals surface area contributed by atoms with Gasteiger partial charge in [-0.1, -0.05) is 60.7 Å². The number of fused-ring (bicyclic) bond motifs is 1. The van der Waals surface area contributed by atoms with Gasteiger partial charge in [-0.2, -0.15) is 18.2 Å². The highest BCUT2D eigenvalue weighted by Gasteiger charge is 2.50. The second-order valence-electron chi connectivity index (χ2n) is 8.99. The van der Waals surface area contributed by atoms with Crippen molar-refractivity contribution in [3.8, 4) is 0 Å². The molecule has 2 atom stereocenters. The number of nitrogens with zero attached hydrogens (tertiary/aromatic N) is 1. The zero-order valence-electron chi connectivity index (χ0n) is 20.7. The molecule has 2 amide bonds. The van der Waals surface area contributed by atoms with Crippen molar-refractivity contribution in [3.63, 3.8) is 0 Å². The molecular weight excluding hydrogens is 501 g/mol. The van der Waals surface area contributed by atoms with Crippen LogP contribution in [0.5, 0.6) is 0 Å². The van der Waals surface area contributed by atoms with Crippen LogP contribution in [0.2, 0.25) is 0 Å². The third-order valence-corrected chi connectivity index (χ3v) is 6.03. The molecule has 0 spiro atoms. The number of nitrogens with one attached hydrogen (secondary N) is 1. The number of halogens is 3. The SMILES string of the molecule is C[C@](CCCN)(C(=O)Nc1ccc2ccccc2c1)N(OC(=O)C(F)(F)F)C(=O)[C@@H](N)Cc1ccccc1. The molecule has 0 bridgehead atoms. The largest absolute Gasteiger partial charge is 0.493 e. The first-order valence-corrected chi connectivity index (χ1v) is 11.9. The van der Waals surface area contributed by atoms with Gasteiger partial charge in [0.05, 0.1) is 6.04 Å². The third kappa shape index (κ3) is 6.87. The second-order valence-corrected chi connectivity index (χ2v) is 8.99. The Morgan fingerprint density at radius 1 is 0.974 bits per heavy atom. The zero-order chi connectivity index (χ0) is 27.9. The van der Waals surface area contributed by atoms with Gasteiger partial charge in [-0.3, -0.25) is 9.59 Å². The lowest BCUT2D eigenvalue weighted by Gasteiger charge is -2.39. The molecule has 0 radical (unpaired) electrons. The van der Waals surface area contributed by atoms with E-state index < -0.39 is 35.5 Å². The molecule has 0 aliphatic carbocycles. The quantitative estimate of drug-likeness (QED) is 0.362. The van der Waals surface area contributed by atoms with Crippen molar-refractivity contribution in [2.75, 3.05) is 11.9 Å². The molecule has 0 saturated heterocycles. The summed E-state index contributed by atoms with van der Waals surface area (Å²) in [4.78, 5) is 43.4. The number of anilines is 1. The summed E-state index contributed by atoms with van der Waals surface area (Å²) in [6, 6.07) is 19.5. The molecule has 0 heterocycles. The Labute approximate surface area is 217 Å². The van der Waals surface area contributed by atoms with Crippen molar-refractivity contribution in [1.82, 2.24) is 5.06 Å². The fraction of sp³-hybridized carbons (Fsp3) is 0.296. The Morgan fingerprint density at radius 2 is 1.61 bits per heavy atom. The number of amides is 2. The van der Waals surface area contributed by atoms with E-state index in [0.717, 1.165) is 10.8 Å². The summed E-state index contributed by atoms with van der Waals surface area (Å²) in [6.45, 7) is 1.26. The summed E-state index contributed by atoms with van der Waals surface area (Å²) >= 11 is 0. The Balaban J connectivity index is 1.97. The molecule has 0 aliphatic rings. The van der Waals surface area contributed by atoms with E-state index in [1.165, 1.54) is 6.92 Å². The lowest BCUT2D eigenvalue weighted by Crippen LogP contribution is -2.62. The van der Waals surface area contributed by atoms with Crippen LogP contribution in [0.3, 0.4) is 0 Å². The normalized spacial score (nSPS) is 13.8. The van der Waals surface area contributed by atoms with Gasteiger partial charge >= 0.3 is 12.1 Å². The predicted octanol–water partition coefficient (Wildman–Crippen LogP) is 3.70. The van der Waals surface area contributed by atoms with Crippen LogP contribution in [-0.2, 0) is 25.6 Å². The first-order chi connectivity index (χ1) is 18.0. The van der Waals surface area contributed by atoms with Gasteiger partial charge in [0, 0.05) is 5.69 Å². The number of rotatable bonds is 9. The lowest BCUT2D eigenvalue weighted by molar-refractivity contribution is -0.252. The van der Waals surface area contributed by atoms with Gasteiger partial charge in [-0.25, -0.2) is 4.79 Å². The number of hydrogen-bond acceptors (Lipinski definition) is 6. The molecule has 38 heavy (non-hydrogen) atoms. The molecule has 3 aromatic carbocycles. The summed E-state index contributed by atoms with van der Waals surface area (Å²) in [6.07, 6.45) is -5.58. The molecule has 0 saturated carbocycles. The van der Waals surface area contributed by atoms with Crippen molar-refractivity contribution in [2.45, 2.75) is 43.9 Å². The number of nitrogens with two attached hydrogens (primary N) is 2. The number of carbonyl (C=O) groups is 3. The van der Waals surface area contributed by atoms with Crippen LogP contribution < -0.4 is 16.8 Å². The van der Waals surface area contributed by atoms with E-state index in [9.17, 15) is 27.6 Å². The smallest absolute Gasteiger partial charge is 0.330 e. The van der Waals surface area contributed by atoms with Crippen LogP contribution in [-0.4, -0.2) is 47.1 Å². The molecule has 0 aromatic heterocycles. The minimum atomic E-state index is -5.42. The van der Waals surface area contributed by atoms with Crippen LogP contribution in [0.25, 0.3) is 10.8 Å². The van der Waals surface area contributed by atoms with Gasteiger partial charge in [-0.15, -0.1) is 0 Å². The highest BCUT2D eigenvalue weighted by atomic mass is 19.4. The van der Waals surface area contributed by atoms with E-state index in [4.69, 9.17) is 11.5 Å². The van der Waals surface area contributed by atoms with E-state index in [2.05, 4.69) is 10.2 Å². The molecule has 202 valence electrons. The summed E-state index contributed by atoms with van der Waals surface area (Å²) in [5.41, 5.74) is 10.5. The van der Waals surface area contributed by atoms with E-state index >= 15 is 0 Å². The maximum absolute atomic E-state index is 13.6. The van der Waals surface area contributed by atoms with Gasteiger partial charge in [0.15, 0.2) is 5.54 Å². The van der Waals surface area contributed by atoms with E-state index in [0.29, 0.717) is 11.3 Å². The van der Waals surface area contributed by atoms with E-state index in [1.54, 1.807) is 48.5 Å². The number of hydrogen-bond donors (Lipinski definition) is 3. The van der Waals surface area contributed by atoms with Gasteiger partial charge in [0.2, 0.25) is 0 Å². The monoisotopic (exact) mass is 530 g/mol. The lowest BCUT2D eigenvalue weighted by atomic mass is 9.92. The van der Waals surface area contributed by atoms with Crippen LogP contribution >= 0.6 is 0 Å². The zero-order valence-corrected chi connectivity index (χ0v) is 20.7. The van der Waals surface area contributed by atoms with E-state index in [1.807, 2.05) is 24.3 Å². The van der Waals surface area contributed by atoms with Gasteiger partial charge in [-0.05, 0) is 61.2 Å².